The van der Waals surface area contributed by atoms with Gasteiger partial charge in [0, 0.05) is 22.0 Å². The van der Waals surface area contributed by atoms with Crippen LogP contribution in [0.2, 0.25) is 0 Å². The van der Waals surface area contributed by atoms with Crippen LogP contribution >= 0.6 is 15.9 Å². The van der Waals surface area contributed by atoms with E-state index >= 15 is 0 Å². The van der Waals surface area contributed by atoms with Crippen molar-refractivity contribution < 1.29 is 18.8 Å². The number of hydrogen-bond donors (Lipinski definition) is 0. The van der Waals surface area contributed by atoms with Crippen LogP contribution in [0.4, 0.5) is 0 Å². The standard InChI is InChI=1S/C16H17BrN2O4/c1-10(2)16-18-14(23-19-16)9-22-15(20)7-4-11-8-12(17)5-6-13(11)21-3/h4-8,10H,9H2,1-3H3/b7-4+. The SMILES string of the molecule is COc1ccc(Br)cc1/C=C/C(=O)OCc1nc(C(C)C)no1. The van der Waals surface area contributed by atoms with Crippen LogP contribution < -0.4 is 4.74 Å². The van der Waals surface area contributed by atoms with Crippen molar-refractivity contribution in [2.24, 2.45) is 0 Å². The van der Waals surface area contributed by atoms with Gasteiger partial charge in [0.1, 0.15) is 5.75 Å². The van der Waals surface area contributed by atoms with Crippen molar-refractivity contribution in [2.75, 3.05) is 7.11 Å². The smallest absolute Gasteiger partial charge is 0.331 e. The van der Waals surface area contributed by atoms with Gasteiger partial charge in [0.2, 0.25) is 0 Å². The first-order chi connectivity index (χ1) is 11.0. The quantitative estimate of drug-likeness (QED) is 0.561. The van der Waals surface area contributed by atoms with E-state index in [9.17, 15) is 4.79 Å². The van der Waals surface area contributed by atoms with Crippen LogP contribution in [0.5, 0.6) is 5.75 Å². The Balaban J connectivity index is 1.95. The lowest BCUT2D eigenvalue weighted by atomic mass is 10.2. The number of hydrogen-bond acceptors (Lipinski definition) is 6. The number of aromatic nitrogens is 2. The Kier molecular flexibility index (Phi) is 5.92. The first kappa shape index (κ1) is 17.2. The van der Waals surface area contributed by atoms with Crippen molar-refractivity contribution in [2.45, 2.75) is 26.4 Å². The van der Waals surface area contributed by atoms with Crippen molar-refractivity contribution >= 4 is 28.0 Å². The second kappa shape index (κ2) is 7.92. The largest absolute Gasteiger partial charge is 0.496 e. The minimum absolute atomic E-state index is 0.0570. The fourth-order valence-electron chi connectivity index (χ4n) is 1.74. The predicted molar refractivity (Wildman–Crippen MR) is 87.9 cm³/mol. The van der Waals surface area contributed by atoms with Crippen LogP contribution in [0.1, 0.15) is 37.0 Å². The van der Waals surface area contributed by atoms with E-state index in [-0.39, 0.29) is 18.4 Å². The van der Waals surface area contributed by atoms with Gasteiger partial charge in [0.15, 0.2) is 12.4 Å². The monoisotopic (exact) mass is 380 g/mol. The topological polar surface area (TPSA) is 74.5 Å². The molecule has 0 unspecified atom stereocenters. The number of halogens is 1. The molecule has 0 N–H and O–H groups in total. The molecule has 1 aromatic carbocycles. The summed E-state index contributed by atoms with van der Waals surface area (Å²) < 4.78 is 16.2. The Morgan fingerprint density at radius 2 is 2.22 bits per heavy atom. The average molecular weight is 381 g/mol. The number of esters is 1. The molecular formula is C16H17BrN2O4. The average Bonchev–Trinajstić information content (AvgIpc) is 3.00. The van der Waals surface area contributed by atoms with E-state index < -0.39 is 5.97 Å². The molecule has 0 bridgehead atoms. The molecule has 0 aliphatic heterocycles. The van der Waals surface area contributed by atoms with Crippen molar-refractivity contribution in [3.05, 3.63) is 46.0 Å². The molecule has 2 aromatic rings. The number of rotatable bonds is 6. The molecule has 0 amide bonds. The van der Waals surface area contributed by atoms with E-state index in [1.807, 2.05) is 26.0 Å². The molecule has 2 rings (SSSR count). The summed E-state index contributed by atoms with van der Waals surface area (Å²) in [5.74, 6) is 1.18. The maximum absolute atomic E-state index is 11.8. The van der Waals surface area contributed by atoms with E-state index in [0.29, 0.717) is 11.6 Å². The lowest BCUT2D eigenvalue weighted by Gasteiger charge is -2.04. The third-order valence-electron chi connectivity index (χ3n) is 2.93. The van der Waals surface area contributed by atoms with Crippen molar-refractivity contribution in [1.82, 2.24) is 10.1 Å². The van der Waals surface area contributed by atoms with Gasteiger partial charge in [-0.2, -0.15) is 4.98 Å². The molecule has 0 atom stereocenters. The molecule has 1 heterocycles. The van der Waals surface area contributed by atoms with E-state index in [2.05, 4.69) is 26.1 Å². The second-order valence-corrected chi connectivity index (χ2v) is 5.94. The molecule has 7 heteroatoms. The van der Waals surface area contributed by atoms with Crippen molar-refractivity contribution in [1.29, 1.82) is 0 Å². The van der Waals surface area contributed by atoms with Crippen LogP contribution in [0.3, 0.4) is 0 Å². The normalized spacial score (nSPS) is 11.2. The summed E-state index contributed by atoms with van der Waals surface area (Å²) in [7, 11) is 1.57. The number of methoxy groups -OCH3 is 1. The Hall–Kier alpha value is -2.15. The zero-order valence-corrected chi connectivity index (χ0v) is 14.7. The molecule has 0 saturated heterocycles. The number of carbonyl (C=O) groups is 1. The van der Waals surface area contributed by atoms with Crippen LogP contribution in [-0.2, 0) is 16.1 Å². The van der Waals surface area contributed by atoms with E-state index in [1.165, 1.54) is 6.08 Å². The maximum Gasteiger partial charge on any atom is 0.331 e. The maximum atomic E-state index is 11.8. The molecule has 0 saturated carbocycles. The summed E-state index contributed by atoms with van der Waals surface area (Å²) in [4.78, 5) is 15.9. The lowest BCUT2D eigenvalue weighted by molar-refractivity contribution is -0.139. The highest BCUT2D eigenvalue weighted by Gasteiger charge is 2.11. The Morgan fingerprint density at radius 1 is 1.43 bits per heavy atom. The van der Waals surface area contributed by atoms with Gasteiger partial charge in [-0.1, -0.05) is 34.9 Å². The number of benzene rings is 1. The summed E-state index contributed by atoms with van der Waals surface area (Å²) in [6, 6.07) is 5.51. The van der Waals surface area contributed by atoms with Gasteiger partial charge in [0.05, 0.1) is 7.11 Å². The van der Waals surface area contributed by atoms with E-state index in [1.54, 1.807) is 19.3 Å². The molecule has 23 heavy (non-hydrogen) atoms. The second-order valence-electron chi connectivity index (χ2n) is 5.03. The minimum atomic E-state index is -0.503. The fraction of sp³-hybridized carbons (Fsp3) is 0.312. The molecule has 0 aliphatic rings. The lowest BCUT2D eigenvalue weighted by Crippen LogP contribution is -2.01. The highest BCUT2D eigenvalue weighted by Crippen LogP contribution is 2.24. The van der Waals surface area contributed by atoms with Crippen LogP contribution in [-0.4, -0.2) is 23.2 Å². The zero-order chi connectivity index (χ0) is 16.8. The van der Waals surface area contributed by atoms with Gasteiger partial charge < -0.3 is 14.0 Å². The third-order valence-corrected chi connectivity index (χ3v) is 3.42. The zero-order valence-electron chi connectivity index (χ0n) is 13.1. The van der Waals surface area contributed by atoms with Crippen LogP contribution in [0.25, 0.3) is 6.08 Å². The number of carbonyl (C=O) groups excluding carboxylic acids is 1. The summed E-state index contributed by atoms with van der Waals surface area (Å²) in [6.45, 7) is 3.85. The Bertz CT molecular complexity index is 710. The fourth-order valence-corrected chi connectivity index (χ4v) is 2.11. The minimum Gasteiger partial charge on any atom is -0.496 e. The number of ether oxygens (including phenoxy) is 2. The molecule has 6 nitrogen and oxygen atoms in total. The molecule has 1 aromatic heterocycles. The van der Waals surface area contributed by atoms with Gasteiger partial charge in [-0.05, 0) is 24.3 Å². The molecule has 0 aliphatic carbocycles. The highest BCUT2D eigenvalue weighted by atomic mass is 79.9. The van der Waals surface area contributed by atoms with Crippen LogP contribution in [0.15, 0.2) is 33.3 Å². The predicted octanol–water partition coefficient (Wildman–Crippen LogP) is 3.72. The molecule has 0 radical (unpaired) electrons. The van der Waals surface area contributed by atoms with Gasteiger partial charge >= 0.3 is 5.97 Å². The molecule has 0 spiro atoms. The highest BCUT2D eigenvalue weighted by molar-refractivity contribution is 9.10. The van der Waals surface area contributed by atoms with Crippen LogP contribution in [0, 0.1) is 0 Å². The molecular weight excluding hydrogens is 364 g/mol. The first-order valence-corrected chi connectivity index (χ1v) is 7.79. The summed E-state index contributed by atoms with van der Waals surface area (Å²) >= 11 is 3.37. The van der Waals surface area contributed by atoms with Gasteiger partial charge in [-0.3, -0.25) is 0 Å². The Morgan fingerprint density at radius 3 is 2.87 bits per heavy atom. The van der Waals surface area contributed by atoms with Gasteiger partial charge in [-0.15, -0.1) is 0 Å². The molecule has 122 valence electrons. The molecule has 0 fully saturated rings. The van der Waals surface area contributed by atoms with Crippen molar-refractivity contribution in [3.8, 4) is 5.75 Å². The van der Waals surface area contributed by atoms with E-state index in [4.69, 9.17) is 14.0 Å². The van der Waals surface area contributed by atoms with Gasteiger partial charge in [0.25, 0.3) is 5.89 Å². The summed E-state index contributed by atoms with van der Waals surface area (Å²) in [6.07, 6.45) is 2.95. The van der Waals surface area contributed by atoms with Gasteiger partial charge in [-0.25, -0.2) is 4.79 Å². The Labute approximate surface area is 142 Å². The van der Waals surface area contributed by atoms with E-state index in [0.717, 1.165) is 10.0 Å². The summed E-state index contributed by atoms with van der Waals surface area (Å²) in [5, 5.41) is 3.80. The van der Waals surface area contributed by atoms with Crippen molar-refractivity contribution in [3.63, 3.8) is 0 Å². The summed E-state index contributed by atoms with van der Waals surface area (Å²) in [5.41, 5.74) is 0.763. The third kappa shape index (κ3) is 4.92. The first-order valence-electron chi connectivity index (χ1n) is 7.00. The number of nitrogens with zero attached hydrogens (tertiary/aromatic N) is 2.